The predicted octanol–water partition coefficient (Wildman–Crippen LogP) is 3.99. The van der Waals surface area contributed by atoms with Crippen LogP contribution in [-0.2, 0) is 11.3 Å². The number of amides is 1. The zero-order chi connectivity index (χ0) is 15.4. The molecule has 3 heteroatoms. The highest BCUT2D eigenvalue weighted by Gasteiger charge is 2.39. The maximum Gasteiger partial charge on any atom is 0.237 e. The fourth-order valence-corrected chi connectivity index (χ4v) is 3.96. The van der Waals surface area contributed by atoms with Gasteiger partial charge in [-0.25, -0.2) is 0 Å². The minimum absolute atomic E-state index is 0.0661. The van der Waals surface area contributed by atoms with Gasteiger partial charge in [-0.2, -0.15) is 0 Å². The molecule has 0 unspecified atom stereocenters. The number of nitrogens with zero attached hydrogens (tertiary/aromatic N) is 1. The highest BCUT2D eigenvalue weighted by Crippen LogP contribution is 2.35. The third-order valence-electron chi connectivity index (χ3n) is 3.90. The Labute approximate surface area is 135 Å². The van der Waals surface area contributed by atoms with E-state index in [9.17, 15) is 4.79 Å². The zero-order valence-corrected chi connectivity index (χ0v) is 13.2. The van der Waals surface area contributed by atoms with Crippen molar-refractivity contribution in [3.63, 3.8) is 0 Å². The number of carbonyl (C=O) groups excluding carboxylic acids is 1. The van der Waals surface area contributed by atoms with Crippen LogP contribution >= 0.6 is 11.8 Å². The molecule has 1 amide bonds. The molecule has 2 aromatic carbocycles. The molecule has 1 aliphatic heterocycles. The second-order valence-corrected chi connectivity index (χ2v) is 6.67. The smallest absolute Gasteiger partial charge is 0.237 e. The van der Waals surface area contributed by atoms with Gasteiger partial charge in [-0.1, -0.05) is 54.6 Å². The average Bonchev–Trinajstić information content (AvgIpc) is 2.86. The molecule has 0 saturated carbocycles. The summed E-state index contributed by atoms with van der Waals surface area (Å²) in [6.07, 6.45) is 1.92. The van der Waals surface area contributed by atoms with Crippen LogP contribution in [0.5, 0.6) is 0 Å². The minimum atomic E-state index is -0.0661. The number of hydrogen-bond donors (Lipinski definition) is 0. The van der Waals surface area contributed by atoms with E-state index in [1.54, 1.807) is 11.8 Å². The van der Waals surface area contributed by atoms with Gasteiger partial charge in [0.25, 0.3) is 0 Å². The van der Waals surface area contributed by atoms with Crippen LogP contribution in [0, 0.1) is 5.92 Å². The molecule has 1 aliphatic rings. The normalized spacial score (nSPS) is 21.1. The maximum atomic E-state index is 12.7. The van der Waals surface area contributed by atoms with E-state index >= 15 is 0 Å². The zero-order valence-electron chi connectivity index (χ0n) is 12.4. The Balaban J connectivity index is 1.74. The molecule has 1 fully saturated rings. The van der Waals surface area contributed by atoms with Crippen molar-refractivity contribution in [1.29, 1.82) is 0 Å². The number of rotatable bonds is 5. The lowest BCUT2D eigenvalue weighted by molar-refractivity contribution is -0.127. The molecule has 22 heavy (non-hydrogen) atoms. The molecule has 0 aliphatic carbocycles. The second-order valence-electron chi connectivity index (χ2n) is 5.46. The standard InChI is InChI=1S/C19H19NOS/c1-2-16-14-20(13-15-9-5-3-6-10-15)19(21)18(16)22-17-11-7-4-8-12-17/h2-12,16,18H,1,13-14H2/t16-,18+/m0/s1. The van der Waals surface area contributed by atoms with E-state index in [-0.39, 0.29) is 17.1 Å². The van der Waals surface area contributed by atoms with Gasteiger partial charge in [0, 0.05) is 23.9 Å². The first kappa shape index (κ1) is 14.9. The van der Waals surface area contributed by atoms with Crippen molar-refractivity contribution in [2.75, 3.05) is 6.54 Å². The summed E-state index contributed by atoms with van der Waals surface area (Å²) >= 11 is 1.64. The lowest BCUT2D eigenvalue weighted by Crippen LogP contribution is -2.27. The van der Waals surface area contributed by atoms with Crippen LogP contribution in [0.3, 0.4) is 0 Å². The summed E-state index contributed by atoms with van der Waals surface area (Å²) in [5, 5.41) is -0.0661. The van der Waals surface area contributed by atoms with Crippen molar-refractivity contribution in [1.82, 2.24) is 4.90 Å². The van der Waals surface area contributed by atoms with E-state index in [4.69, 9.17) is 0 Å². The van der Waals surface area contributed by atoms with Crippen LogP contribution in [0.2, 0.25) is 0 Å². The number of thioether (sulfide) groups is 1. The third kappa shape index (κ3) is 3.25. The van der Waals surface area contributed by atoms with Gasteiger partial charge in [-0.05, 0) is 17.7 Å². The van der Waals surface area contributed by atoms with E-state index in [0.717, 1.165) is 11.4 Å². The lowest BCUT2D eigenvalue weighted by Gasteiger charge is -2.16. The van der Waals surface area contributed by atoms with Crippen LogP contribution in [0.1, 0.15) is 5.56 Å². The second kappa shape index (κ2) is 6.84. The number of benzene rings is 2. The Morgan fingerprint density at radius 2 is 1.73 bits per heavy atom. The topological polar surface area (TPSA) is 20.3 Å². The largest absolute Gasteiger partial charge is 0.337 e. The van der Waals surface area contributed by atoms with Crippen molar-refractivity contribution in [2.24, 2.45) is 5.92 Å². The highest BCUT2D eigenvalue weighted by atomic mass is 32.2. The monoisotopic (exact) mass is 309 g/mol. The fourth-order valence-electron chi connectivity index (χ4n) is 2.73. The first-order chi connectivity index (χ1) is 10.8. The van der Waals surface area contributed by atoms with Crippen LogP contribution in [0.15, 0.2) is 78.2 Å². The Morgan fingerprint density at radius 3 is 2.36 bits per heavy atom. The van der Waals surface area contributed by atoms with Crippen molar-refractivity contribution < 1.29 is 4.79 Å². The number of carbonyl (C=O) groups is 1. The van der Waals surface area contributed by atoms with Crippen molar-refractivity contribution in [3.8, 4) is 0 Å². The SMILES string of the molecule is C=C[C@H]1CN(Cc2ccccc2)C(=O)[C@@H]1Sc1ccccc1. The van der Waals surface area contributed by atoms with Gasteiger partial charge >= 0.3 is 0 Å². The van der Waals surface area contributed by atoms with Crippen LogP contribution in [0.25, 0.3) is 0 Å². The van der Waals surface area contributed by atoms with Crippen molar-refractivity contribution in [2.45, 2.75) is 16.7 Å². The summed E-state index contributed by atoms with van der Waals surface area (Å²) in [6.45, 7) is 5.35. The number of hydrogen-bond acceptors (Lipinski definition) is 2. The summed E-state index contributed by atoms with van der Waals surface area (Å²) < 4.78 is 0. The molecule has 3 rings (SSSR count). The lowest BCUT2D eigenvalue weighted by atomic mass is 10.1. The highest BCUT2D eigenvalue weighted by molar-refractivity contribution is 8.00. The molecule has 0 spiro atoms. The number of likely N-dealkylation sites (tertiary alicyclic amines) is 1. The predicted molar refractivity (Wildman–Crippen MR) is 91.6 cm³/mol. The molecule has 2 atom stereocenters. The summed E-state index contributed by atoms with van der Waals surface area (Å²) in [4.78, 5) is 15.8. The molecule has 0 N–H and O–H groups in total. The molecule has 1 saturated heterocycles. The molecule has 1 heterocycles. The van der Waals surface area contributed by atoms with Crippen LogP contribution in [0.4, 0.5) is 0 Å². The van der Waals surface area contributed by atoms with Gasteiger partial charge in [0.1, 0.15) is 0 Å². The quantitative estimate of drug-likeness (QED) is 0.778. The summed E-state index contributed by atoms with van der Waals surface area (Å²) in [6, 6.07) is 20.3. The van der Waals surface area contributed by atoms with E-state index in [0.29, 0.717) is 6.54 Å². The molecule has 0 aromatic heterocycles. The maximum absolute atomic E-state index is 12.7. The molecule has 2 nitrogen and oxygen atoms in total. The van der Waals surface area contributed by atoms with E-state index in [1.807, 2.05) is 47.4 Å². The van der Waals surface area contributed by atoms with E-state index < -0.39 is 0 Å². The molecule has 0 bridgehead atoms. The Bertz CT molecular complexity index is 641. The van der Waals surface area contributed by atoms with Gasteiger partial charge in [0.2, 0.25) is 5.91 Å². The van der Waals surface area contributed by atoms with E-state index in [1.165, 1.54) is 5.56 Å². The Morgan fingerprint density at radius 1 is 1.09 bits per heavy atom. The summed E-state index contributed by atoms with van der Waals surface area (Å²) in [5.41, 5.74) is 1.17. The third-order valence-corrected chi connectivity index (χ3v) is 5.25. The first-order valence-corrected chi connectivity index (χ1v) is 8.33. The van der Waals surface area contributed by atoms with E-state index in [2.05, 4.69) is 30.8 Å². The average molecular weight is 309 g/mol. The Hall–Kier alpha value is -2.00. The fraction of sp³-hybridized carbons (Fsp3) is 0.211. The first-order valence-electron chi connectivity index (χ1n) is 7.45. The molecule has 0 radical (unpaired) electrons. The van der Waals surface area contributed by atoms with Crippen molar-refractivity contribution >= 4 is 17.7 Å². The summed E-state index contributed by atoms with van der Waals surface area (Å²) in [7, 11) is 0. The van der Waals surface area contributed by atoms with Gasteiger partial charge < -0.3 is 4.90 Å². The Kier molecular flexibility index (Phi) is 4.64. The summed E-state index contributed by atoms with van der Waals surface area (Å²) in [5.74, 6) is 0.407. The molecular formula is C19H19NOS. The van der Waals surface area contributed by atoms with Gasteiger partial charge in [-0.3, -0.25) is 4.79 Å². The minimum Gasteiger partial charge on any atom is -0.337 e. The molecule has 2 aromatic rings. The molecule has 112 valence electrons. The van der Waals surface area contributed by atoms with Crippen LogP contribution in [-0.4, -0.2) is 22.6 Å². The van der Waals surface area contributed by atoms with Gasteiger partial charge in [0.15, 0.2) is 0 Å². The van der Waals surface area contributed by atoms with Gasteiger partial charge in [-0.15, -0.1) is 18.3 Å². The van der Waals surface area contributed by atoms with Crippen LogP contribution < -0.4 is 0 Å². The van der Waals surface area contributed by atoms with Crippen molar-refractivity contribution in [3.05, 3.63) is 78.9 Å². The van der Waals surface area contributed by atoms with Gasteiger partial charge in [0.05, 0.1) is 5.25 Å². The molecular weight excluding hydrogens is 290 g/mol.